The lowest BCUT2D eigenvalue weighted by Gasteiger charge is -2.33. The smallest absolute Gasteiger partial charge is 0.229 e. The average molecular weight is 487 g/mol. The number of rotatable bonds is 5. The summed E-state index contributed by atoms with van der Waals surface area (Å²) in [5.74, 6) is 2.71. The molecule has 0 spiro atoms. The maximum absolute atomic E-state index is 5.05. The Morgan fingerprint density at radius 1 is 1.06 bits per heavy atom. The van der Waals surface area contributed by atoms with E-state index >= 15 is 0 Å². The number of benzene rings is 1. The first-order chi connectivity index (χ1) is 17.1. The largest absolute Gasteiger partial charge is 0.341 e. The third-order valence-corrected chi connectivity index (χ3v) is 7.30. The van der Waals surface area contributed by atoms with Gasteiger partial charge < -0.3 is 19.4 Å². The maximum atomic E-state index is 5.05. The fourth-order valence-electron chi connectivity index (χ4n) is 5.11. The topological polar surface area (TPSA) is 76.7 Å². The molecule has 190 valence electrons. The molecule has 0 radical (unpaired) electrons. The molecule has 1 aromatic carbocycles. The summed E-state index contributed by atoms with van der Waals surface area (Å²) in [6.07, 6.45) is 7.06. The number of fused-ring (bicyclic) bond motifs is 1. The van der Waals surface area contributed by atoms with Crippen LogP contribution in [-0.4, -0.2) is 42.2 Å². The van der Waals surface area contributed by atoms with Gasteiger partial charge in [-0.25, -0.2) is 9.97 Å². The zero-order valence-corrected chi connectivity index (χ0v) is 22.6. The minimum atomic E-state index is 0.0680. The molecule has 0 amide bonds. The molecule has 1 fully saturated rings. The summed E-state index contributed by atoms with van der Waals surface area (Å²) in [6.45, 7) is 14.9. The number of hydrogen-bond acceptors (Lipinski definition) is 6. The first-order valence-electron chi connectivity index (χ1n) is 13.0. The summed E-state index contributed by atoms with van der Waals surface area (Å²) in [5.41, 5.74) is 6.33. The maximum Gasteiger partial charge on any atom is 0.229 e. The Bertz CT molecular complexity index is 1380. The number of aryl methyl sites for hydroxylation is 4. The summed E-state index contributed by atoms with van der Waals surface area (Å²) in [5, 5.41) is 3.64. The van der Waals surface area contributed by atoms with E-state index in [0.717, 1.165) is 66.7 Å². The van der Waals surface area contributed by atoms with Crippen LogP contribution in [0.1, 0.15) is 69.2 Å². The van der Waals surface area contributed by atoms with Gasteiger partial charge in [0, 0.05) is 44.5 Å². The molecule has 5 rings (SSSR count). The lowest BCUT2D eigenvalue weighted by molar-refractivity contribution is 0.384. The van der Waals surface area contributed by atoms with Gasteiger partial charge in [0.2, 0.25) is 5.95 Å². The van der Waals surface area contributed by atoms with Crippen LogP contribution < -0.4 is 10.2 Å². The lowest BCUT2D eigenvalue weighted by atomic mass is 9.86. The van der Waals surface area contributed by atoms with E-state index in [2.05, 4.69) is 85.7 Å². The van der Waals surface area contributed by atoms with Crippen LogP contribution in [0.25, 0.3) is 11.2 Å². The predicted octanol–water partition coefficient (Wildman–Crippen LogP) is 5.62. The van der Waals surface area contributed by atoms with Gasteiger partial charge in [-0.3, -0.25) is 0 Å². The van der Waals surface area contributed by atoms with Crippen molar-refractivity contribution in [1.29, 1.82) is 0 Å². The molecule has 0 aliphatic carbocycles. The molecule has 0 atom stereocenters. The minimum absolute atomic E-state index is 0.0680. The van der Waals surface area contributed by atoms with Gasteiger partial charge in [0.25, 0.3) is 0 Å². The zero-order chi connectivity index (χ0) is 25.6. The van der Waals surface area contributed by atoms with Gasteiger partial charge in [0.1, 0.15) is 11.3 Å². The third-order valence-electron chi connectivity index (χ3n) is 7.30. The molecular formula is C28H38N8. The molecule has 8 nitrogen and oxygen atoms in total. The second-order valence-corrected chi connectivity index (χ2v) is 11.1. The zero-order valence-electron chi connectivity index (χ0n) is 22.6. The lowest BCUT2D eigenvalue weighted by Crippen LogP contribution is -2.36. The molecule has 0 unspecified atom stereocenters. The molecule has 0 bridgehead atoms. The van der Waals surface area contributed by atoms with Crippen LogP contribution in [-0.2, 0) is 18.9 Å². The highest BCUT2D eigenvalue weighted by molar-refractivity contribution is 5.87. The number of hydrogen-bond donors (Lipinski definition) is 1. The fourth-order valence-corrected chi connectivity index (χ4v) is 5.11. The summed E-state index contributed by atoms with van der Waals surface area (Å²) < 4.78 is 4.37. The number of nitrogens with one attached hydrogen (secondary N) is 1. The molecule has 4 aromatic rings. The van der Waals surface area contributed by atoms with Crippen molar-refractivity contribution in [3.8, 4) is 0 Å². The van der Waals surface area contributed by atoms with Gasteiger partial charge in [-0.05, 0) is 49.3 Å². The minimum Gasteiger partial charge on any atom is -0.341 e. The average Bonchev–Trinajstić information content (AvgIpc) is 3.42. The van der Waals surface area contributed by atoms with Crippen LogP contribution in [0.5, 0.6) is 0 Å². The second kappa shape index (κ2) is 9.22. The molecule has 1 N–H and O–H groups in total. The predicted molar refractivity (Wildman–Crippen MR) is 146 cm³/mol. The summed E-state index contributed by atoms with van der Waals surface area (Å²) in [4.78, 5) is 21.5. The van der Waals surface area contributed by atoms with Crippen molar-refractivity contribution in [3.63, 3.8) is 0 Å². The first kappa shape index (κ1) is 24.3. The Balaban J connectivity index is 1.44. The normalized spacial score (nSPS) is 15.1. The van der Waals surface area contributed by atoms with Crippen LogP contribution in [0.3, 0.4) is 0 Å². The molecule has 4 heterocycles. The van der Waals surface area contributed by atoms with Crippen molar-refractivity contribution in [2.45, 2.75) is 72.3 Å². The highest BCUT2D eigenvalue weighted by atomic mass is 15.3. The van der Waals surface area contributed by atoms with Crippen LogP contribution in [0.4, 0.5) is 17.5 Å². The van der Waals surface area contributed by atoms with Crippen molar-refractivity contribution in [2.24, 2.45) is 7.05 Å². The van der Waals surface area contributed by atoms with Gasteiger partial charge in [-0.1, -0.05) is 39.8 Å². The molecule has 1 saturated heterocycles. The summed E-state index contributed by atoms with van der Waals surface area (Å²) in [7, 11) is 1.99. The van der Waals surface area contributed by atoms with Crippen molar-refractivity contribution < 1.29 is 0 Å². The van der Waals surface area contributed by atoms with E-state index in [9.17, 15) is 0 Å². The molecule has 1 aliphatic rings. The Morgan fingerprint density at radius 2 is 1.81 bits per heavy atom. The molecule has 3 aromatic heterocycles. The van der Waals surface area contributed by atoms with Crippen LogP contribution in [0.15, 0.2) is 30.7 Å². The first-order valence-corrected chi connectivity index (χ1v) is 13.0. The van der Waals surface area contributed by atoms with E-state index in [4.69, 9.17) is 15.0 Å². The van der Waals surface area contributed by atoms with E-state index in [1.807, 2.05) is 17.9 Å². The molecule has 1 aliphatic heterocycles. The third kappa shape index (κ3) is 4.56. The standard InChI is InChI=1S/C28H38N8/c1-8-23-30-19(3)16-36(23)21-11-13-35(14-12-21)27-32-25-24(34(7)17-29-25)26(33-27)31-22-15-20(28(4,5)6)10-9-18(22)2/h9-10,15-17,21H,8,11-14H2,1-7H3,(H,31,32,33). The SMILES string of the molecule is CCc1nc(C)cn1C1CCN(c2nc(Nc3cc(C(C)(C)C)ccc3C)c3c(ncn3C)n2)CC1. The van der Waals surface area contributed by atoms with E-state index in [1.54, 1.807) is 0 Å². The van der Waals surface area contributed by atoms with E-state index in [0.29, 0.717) is 6.04 Å². The number of imidazole rings is 2. The Labute approximate surface area is 213 Å². The van der Waals surface area contributed by atoms with Crippen LogP contribution in [0, 0.1) is 13.8 Å². The van der Waals surface area contributed by atoms with Gasteiger partial charge >= 0.3 is 0 Å². The number of piperidine rings is 1. The summed E-state index contributed by atoms with van der Waals surface area (Å²) in [6, 6.07) is 7.10. The monoisotopic (exact) mass is 486 g/mol. The molecular weight excluding hydrogens is 448 g/mol. The highest BCUT2D eigenvalue weighted by Gasteiger charge is 2.25. The summed E-state index contributed by atoms with van der Waals surface area (Å²) >= 11 is 0. The molecule has 8 heteroatoms. The van der Waals surface area contributed by atoms with Crippen LogP contribution >= 0.6 is 0 Å². The van der Waals surface area contributed by atoms with Gasteiger partial charge in [0.05, 0.1) is 12.0 Å². The van der Waals surface area contributed by atoms with Crippen molar-refractivity contribution >= 4 is 28.6 Å². The van der Waals surface area contributed by atoms with Gasteiger partial charge in [-0.15, -0.1) is 0 Å². The molecule has 0 saturated carbocycles. The van der Waals surface area contributed by atoms with Crippen molar-refractivity contribution in [3.05, 3.63) is 53.4 Å². The van der Waals surface area contributed by atoms with E-state index < -0.39 is 0 Å². The number of nitrogens with zero attached hydrogens (tertiary/aromatic N) is 7. The number of anilines is 3. The number of aromatic nitrogens is 6. The quantitative estimate of drug-likeness (QED) is 0.394. The Morgan fingerprint density at radius 3 is 2.50 bits per heavy atom. The van der Waals surface area contributed by atoms with Crippen molar-refractivity contribution in [2.75, 3.05) is 23.3 Å². The van der Waals surface area contributed by atoms with Gasteiger partial charge in [-0.2, -0.15) is 9.97 Å². The molecule has 36 heavy (non-hydrogen) atoms. The van der Waals surface area contributed by atoms with E-state index in [-0.39, 0.29) is 5.41 Å². The van der Waals surface area contributed by atoms with Gasteiger partial charge in [0.15, 0.2) is 11.5 Å². The Hall–Kier alpha value is -3.42. The fraction of sp³-hybridized carbons (Fsp3) is 0.500. The van der Waals surface area contributed by atoms with Crippen LogP contribution in [0.2, 0.25) is 0 Å². The second-order valence-electron chi connectivity index (χ2n) is 11.1. The highest BCUT2D eigenvalue weighted by Crippen LogP contribution is 2.32. The van der Waals surface area contributed by atoms with Crippen molar-refractivity contribution in [1.82, 2.24) is 29.1 Å². The van der Waals surface area contributed by atoms with E-state index in [1.165, 1.54) is 17.0 Å². The Kier molecular flexibility index (Phi) is 6.22.